The third kappa shape index (κ3) is 2.75. The highest BCUT2D eigenvalue weighted by molar-refractivity contribution is 6.29. The number of hydrogen-bond donors (Lipinski definition) is 1. The number of aromatic nitrogens is 3. The van der Waals surface area contributed by atoms with Crippen molar-refractivity contribution in [2.24, 2.45) is 5.92 Å². The van der Waals surface area contributed by atoms with Gasteiger partial charge in [0.05, 0.1) is 0 Å². The van der Waals surface area contributed by atoms with Gasteiger partial charge >= 0.3 is 6.18 Å². The predicted octanol–water partition coefficient (Wildman–Crippen LogP) is 2.76. The maximum Gasteiger partial charge on any atom is 0.408 e. The van der Waals surface area contributed by atoms with E-state index in [0.29, 0.717) is 18.5 Å². The zero-order chi connectivity index (χ0) is 16.1. The predicted molar refractivity (Wildman–Crippen MR) is 72.8 cm³/mol. The van der Waals surface area contributed by atoms with Crippen LogP contribution >= 0.6 is 11.6 Å². The Labute approximate surface area is 128 Å². The minimum Gasteiger partial charge on any atom is -0.339 e. The molecule has 1 N–H and O–H groups in total. The van der Waals surface area contributed by atoms with Gasteiger partial charge in [0.15, 0.2) is 11.3 Å². The van der Waals surface area contributed by atoms with E-state index in [9.17, 15) is 18.0 Å². The van der Waals surface area contributed by atoms with E-state index in [0.717, 1.165) is 0 Å². The maximum atomic E-state index is 13.0. The van der Waals surface area contributed by atoms with Crippen molar-refractivity contribution in [1.29, 1.82) is 0 Å². The van der Waals surface area contributed by atoms with E-state index >= 15 is 0 Å². The molecule has 0 bridgehead atoms. The molecule has 22 heavy (non-hydrogen) atoms. The third-order valence-electron chi connectivity index (χ3n) is 3.61. The van der Waals surface area contributed by atoms with E-state index in [1.165, 1.54) is 10.7 Å². The van der Waals surface area contributed by atoms with Gasteiger partial charge in [0.2, 0.25) is 0 Å². The summed E-state index contributed by atoms with van der Waals surface area (Å²) < 4.78 is 40.4. The Morgan fingerprint density at radius 3 is 2.77 bits per heavy atom. The molecule has 2 aromatic heterocycles. The molecule has 0 aromatic carbocycles. The minimum absolute atomic E-state index is 0.138. The van der Waals surface area contributed by atoms with E-state index in [-0.39, 0.29) is 16.5 Å². The van der Waals surface area contributed by atoms with Gasteiger partial charge in [-0.3, -0.25) is 9.20 Å². The molecule has 2 heterocycles. The molecule has 118 valence electrons. The largest absolute Gasteiger partial charge is 0.408 e. The first-order chi connectivity index (χ1) is 10.3. The lowest BCUT2D eigenvalue weighted by Gasteiger charge is -2.20. The normalized spacial score (nSPS) is 16.8. The molecule has 1 amide bonds. The molecule has 3 rings (SSSR count). The summed E-state index contributed by atoms with van der Waals surface area (Å²) in [6.07, 6.45) is -2.23. The van der Waals surface area contributed by atoms with Crippen molar-refractivity contribution in [3.8, 4) is 0 Å². The number of amides is 1. The average molecular weight is 333 g/mol. The van der Waals surface area contributed by atoms with Crippen molar-refractivity contribution in [3.05, 3.63) is 28.9 Å². The molecule has 1 aliphatic rings. The summed E-state index contributed by atoms with van der Waals surface area (Å²) in [6, 6.07) is -0.280. The lowest BCUT2D eigenvalue weighted by molar-refractivity contribution is -0.158. The number of imidazole rings is 1. The van der Waals surface area contributed by atoms with Crippen molar-refractivity contribution in [2.75, 3.05) is 0 Å². The number of halogens is 4. The Morgan fingerprint density at radius 1 is 1.50 bits per heavy atom. The van der Waals surface area contributed by atoms with Crippen LogP contribution in [-0.2, 0) is 0 Å². The Hall–Kier alpha value is -1.83. The first-order valence-electron chi connectivity index (χ1n) is 6.65. The summed E-state index contributed by atoms with van der Waals surface area (Å²) in [4.78, 5) is 20.0. The van der Waals surface area contributed by atoms with Crippen LogP contribution in [0, 0.1) is 12.8 Å². The smallest absolute Gasteiger partial charge is 0.339 e. The SMILES string of the molecule is Cc1cc(Cl)nc2c(C(=O)NC(C3CC3)C(F)(F)F)ncn12. The molecule has 1 unspecified atom stereocenters. The fourth-order valence-electron chi connectivity index (χ4n) is 2.35. The second-order valence-corrected chi connectivity index (χ2v) is 5.72. The Bertz CT molecular complexity index is 739. The summed E-state index contributed by atoms with van der Waals surface area (Å²) in [6.45, 7) is 1.73. The van der Waals surface area contributed by atoms with Crippen LogP contribution in [0.2, 0.25) is 5.15 Å². The average Bonchev–Trinajstić information content (AvgIpc) is 3.13. The zero-order valence-electron chi connectivity index (χ0n) is 11.5. The fraction of sp³-hybridized carbons (Fsp3) is 0.462. The monoisotopic (exact) mass is 332 g/mol. The van der Waals surface area contributed by atoms with Gasteiger partial charge in [-0.2, -0.15) is 13.2 Å². The van der Waals surface area contributed by atoms with E-state index in [4.69, 9.17) is 11.6 Å². The van der Waals surface area contributed by atoms with Gasteiger partial charge in [0, 0.05) is 5.69 Å². The zero-order valence-corrected chi connectivity index (χ0v) is 12.2. The molecule has 2 aromatic rings. The van der Waals surface area contributed by atoms with Gasteiger partial charge in [-0.1, -0.05) is 11.6 Å². The van der Waals surface area contributed by atoms with Gasteiger partial charge in [0.1, 0.15) is 17.5 Å². The van der Waals surface area contributed by atoms with Crippen molar-refractivity contribution < 1.29 is 18.0 Å². The molecule has 1 fully saturated rings. The van der Waals surface area contributed by atoms with Crippen molar-refractivity contribution in [2.45, 2.75) is 32.0 Å². The highest BCUT2D eigenvalue weighted by Gasteiger charge is 2.50. The summed E-state index contributed by atoms with van der Waals surface area (Å²) >= 11 is 5.83. The Kier molecular flexibility index (Phi) is 3.51. The standard InChI is InChI=1S/C13H12ClF3N4O/c1-6-4-8(14)19-11-9(18-5-21(6)11)12(22)20-10(7-2-3-7)13(15,16)17/h4-5,7,10H,2-3H2,1H3,(H,20,22). The molecule has 1 saturated carbocycles. The summed E-state index contributed by atoms with van der Waals surface area (Å²) in [5.74, 6) is -1.46. The van der Waals surface area contributed by atoms with Crippen LogP contribution in [0.4, 0.5) is 13.2 Å². The van der Waals surface area contributed by atoms with Crippen LogP contribution in [0.1, 0.15) is 29.0 Å². The van der Waals surface area contributed by atoms with Crippen LogP contribution in [0.5, 0.6) is 0 Å². The van der Waals surface area contributed by atoms with Gasteiger partial charge < -0.3 is 5.32 Å². The van der Waals surface area contributed by atoms with Crippen molar-refractivity contribution in [1.82, 2.24) is 19.7 Å². The number of carbonyl (C=O) groups excluding carboxylic acids is 1. The maximum absolute atomic E-state index is 13.0. The molecule has 0 spiro atoms. The third-order valence-corrected chi connectivity index (χ3v) is 3.80. The second-order valence-electron chi connectivity index (χ2n) is 5.34. The molecular weight excluding hydrogens is 321 g/mol. The van der Waals surface area contributed by atoms with Crippen LogP contribution in [-0.4, -0.2) is 32.5 Å². The Balaban J connectivity index is 1.92. The van der Waals surface area contributed by atoms with E-state index in [1.54, 1.807) is 13.0 Å². The number of fused-ring (bicyclic) bond motifs is 1. The van der Waals surface area contributed by atoms with Gasteiger partial charge in [-0.15, -0.1) is 0 Å². The number of nitrogens with zero attached hydrogens (tertiary/aromatic N) is 3. The van der Waals surface area contributed by atoms with Crippen LogP contribution in [0.15, 0.2) is 12.4 Å². The van der Waals surface area contributed by atoms with Gasteiger partial charge in [-0.05, 0) is 31.7 Å². The summed E-state index contributed by atoms with van der Waals surface area (Å²) in [7, 11) is 0. The van der Waals surface area contributed by atoms with Gasteiger partial charge in [0.25, 0.3) is 5.91 Å². The first kappa shape index (κ1) is 15.1. The fourth-order valence-corrected chi connectivity index (χ4v) is 2.59. The minimum atomic E-state index is -4.48. The highest BCUT2D eigenvalue weighted by Crippen LogP contribution is 2.40. The van der Waals surface area contributed by atoms with Crippen molar-refractivity contribution in [3.63, 3.8) is 0 Å². The lowest BCUT2D eigenvalue weighted by atomic mass is 10.1. The topological polar surface area (TPSA) is 59.3 Å². The summed E-state index contributed by atoms with van der Waals surface area (Å²) in [5.41, 5.74) is 0.649. The van der Waals surface area contributed by atoms with Crippen molar-refractivity contribution >= 4 is 23.2 Å². The number of rotatable bonds is 3. The van der Waals surface area contributed by atoms with Crippen LogP contribution in [0.25, 0.3) is 5.65 Å². The molecule has 0 aliphatic heterocycles. The quantitative estimate of drug-likeness (QED) is 0.879. The van der Waals surface area contributed by atoms with Crippen LogP contribution in [0.3, 0.4) is 0 Å². The molecular formula is C13H12ClF3N4O. The number of hydrogen-bond acceptors (Lipinski definition) is 3. The number of nitrogens with one attached hydrogen (secondary N) is 1. The number of aryl methyl sites for hydroxylation is 1. The molecule has 1 atom stereocenters. The number of carbonyl (C=O) groups is 1. The molecule has 1 aliphatic carbocycles. The molecule has 5 nitrogen and oxygen atoms in total. The second kappa shape index (κ2) is 5.12. The highest BCUT2D eigenvalue weighted by atomic mass is 35.5. The number of alkyl halides is 3. The van der Waals surface area contributed by atoms with E-state index in [1.807, 2.05) is 5.32 Å². The Morgan fingerprint density at radius 2 is 2.18 bits per heavy atom. The molecule has 9 heteroatoms. The van der Waals surface area contributed by atoms with E-state index in [2.05, 4.69) is 9.97 Å². The van der Waals surface area contributed by atoms with Gasteiger partial charge in [-0.25, -0.2) is 9.97 Å². The van der Waals surface area contributed by atoms with Crippen LogP contribution < -0.4 is 5.32 Å². The van der Waals surface area contributed by atoms with E-state index < -0.39 is 24.0 Å². The summed E-state index contributed by atoms with van der Waals surface area (Å²) in [5, 5.41) is 2.18. The molecule has 0 saturated heterocycles. The first-order valence-corrected chi connectivity index (χ1v) is 7.03. The molecule has 0 radical (unpaired) electrons. The lowest BCUT2D eigenvalue weighted by Crippen LogP contribution is -2.47.